The fourth-order valence-electron chi connectivity index (χ4n) is 1.84. The number of ether oxygens (including phenoxy) is 1. The fraction of sp³-hybridized carbons (Fsp3) is 0.462. The molecule has 4 nitrogen and oxygen atoms in total. The van der Waals surface area contributed by atoms with Crippen molar-refractivity contribution in [3.05, 3.63) is 29.8 Å². The zero-order chi connectivity index (χ0) is 20.4. The van der Waals surface area contributed by atoms with Gasteiger partial charge in [-0.05, 0) is 19.1 Å². The van der Waals surface area contributed by atoms with E-state index in [0.29, 0.717) is 11.4 Å². The molecule has 0 saturated heterocycles. The van der Waals surface area contributed by atoms with Crippen LogP contribution in [0.2, 0.25) is 0 Å². The summed E-state index contributed by atoms with van der Waals surface area (Å²) in [6.45, 7) is 0.533. The second-order valence-corrected chi connectivity index (χ2v) is 4.76. The lowest BCUT2D eigenvalue weighted by Crippen LogP contribution is -2.72. The first-order valence-corrected chi connectivity index (χ1v) is 6.68. The molecule has 0 unspecified atom stereocenters. The molecule has 1 aromatic carbocycles. The number of halogens is 9. The highest BCUT2D eigenvalue weighted by Crippen LogP contribution is 2.45. The van der Waals surface area contributed by atoms with E-state index in [0.717, 1.165) is 24.4 Å². The highest BCUT2D eigenvalue weighted by atomic mass is 19.4. The summed E-state index contributed by atoms with van der Waals surface area (Å²) in [4.78, 5) is 11.2. The van der Waals surface area contributed by atoms with E-state index in [4.69, 9.17) is 0 Å². The number of alkyl carbamates (subject to hydrolysis) is 1. The maximum absolute atomic E-state index is 13.3. The van der Waals surface area contributed by atoms with Crippen LogP contribution in [-0.4, -0.2) is 30.7 Å². The average Bonchev–Trinajstić information content (AvgIpc) is 2.43. The summed E-state index contributed by atoms with van der Waals surface area (Å²) >= 11 is 0. The number of benzene rings is 1. The molecule has 0 aliphatic rings. The van der Waals surface area contributed by atoms with E-state index in [1.807, 2.05) is 0 Å². The highest BCUT2D eigenvalue weighted by molar-refractivity contribution is 5.70. The molecule has 0 aliphatic carbocycles. The number of rotatable bonds is 4. The zero-order valence-electron chi connectivity index (χ0n) is 12.7. The Bertz CT molecular complexity index is 624. The molecule has 1 aromatic rings. The molecule has 148 valence electrons. The normalized spacial score (nSPS) is 13.3. The molecule has 2 N–H and O–H groups in total. The summed E-state index contributed by atoms with van der Waals surface area (Å²) in [5, 5.41) is 1.30. The zero-order valence-corrected chi connectivity index (χ0v) is 12.7. The minimum atomic E-state index is -6.27. The van der Waals surface area contributed by atoms with Gasteiger partial charge >= 0.3 is 30.3 Å². The molecule has 1 amide bonds. The molecule has 0 saturated carbocycles. The lowest BCUT2D eigenvalue weighted by atomic mass is 10.1. The van der Waals surface area contributed by atoms with Crippen LogP contribution in [0.25, 0.3) is 0 Å². The summed E-state index contributed by atoms with van der Waals surface area (Å²) < 4.78 is 122. The maximum atomic E-state index is 13.3. The molecule has 0 aliphatic heterocycles. The minimum Gasteiger partial charge on any atom is -0.450 e. The number of carbonyl (C=O) groups excluding carboxylic acids is 1. The molecule has 13 heteroatoms. The lowest BCUT2D eigenvalue weighted by molar-refractivity contribution is -0.295. The van der Waals surface area contributed by atoms with Gasteiger partial charge in [-0.1, -0.05) is 12.1 Å². The SMILES string of the molecule is CCOC(=O)NC(Nc1ccccc1C(F)(F)F)(C(F)(F)F)C(F)(F)F. The molecule has 0 heterocycles. The Morgan fingerprint density at radius 2 is 1.46 bits per heavy atom. The van der Waals surface area contributed by atoms with Crippen molar-refractivity contribution < 1.29 is 49.0 Å². The van der Waals surface area contributed by atoms with Crippen molar-refractivity contribution in [1.82, 2.24) is 5.32 Å². The van der Waals surface area contributed by atoms with Gasteiger partial charge in [0.15, 0.2) is 0 Å². The first-order chi connectivity index (χ1) is 11.7. The van der Waals surface area contributed by atoms with Crippen LogP contribution in [0.1, 0.15) is 12.5 Å². The summed E-state index contributed by atoms with van der Waals surface area (Å²) in [6, 6.07) is 2.21. The Kier molecular flexibility index (Phi) is 5.94. The van der Waals surface area contributed by atoms with E-state index in [1.165, 1.54) is 0 Å². The van der Waals surface area contributed by atoms with Crippen LogP contribution in [0.15, 0.2) is 24.3 Å². The minimum absolute atomic E-state index is 0.282. The van der Waals surface area contributed by atoms with Crippen molar-refractivity contribution >= 4 is 11.8 Å². The number of alkyl halides is 9. The third kappa shape index (κ3) is 4.43. The van der Waals surface area contributed by atoms with E-state index in [-0.39, 0.29) is 6.07 Å². The maximum Gasteiger partial charge on any atom is 0.439 e. The standard InChI is InChI=1S/C13H11F9N2O2/c1-2-26-9(25)24-11(12(17,18)19,13(20,21)22)23-8-6-4-3-5-7(8)10(14,15)16/h3-6,23H,2H2,1H3,(H,24,25). The van der Waals surface area contributed by atoms with Crippen molar-refractivity contribution in [2.75, 3.05) is 11.9 Å². The third-order valence-electron chi connectivity index (χ3n) is 2.97. The van der Waals surface area contributed by atoms with Gasteiger partial charge in [0, 0.05) is 5.69 Å². The molecule has 0 aromatic heterocycles. The highest BCUT2D eigenvalue weighted by Gasteiger charge is 2.73. The molecule has 1 rings (SSSR count). The van der Waals surface area contributed by atoms with Gasteiger partial charge in [-0.15, -0.1) is 0 Å². The van der Waals surface area contributed by atoms with Gasteiger partial charge in [0.25, 0.3) is 0 Å². The van der Waals surface area contributed by atoms with E-state index in [9.17, 15) is 44.3 Å². The summed E-state index contributed by atoms with van der Waals surface area (Å²) in [5.41, 5.74) is -8.54. The molecule has 26 heavy (non-hydrogen) atoms. The topological polar surface area (TPSA) is 50.4 Å². The van der Waals surface area contributed by atoms with E-state index in [2.05, 4.69) is 4.74 Å². The van der Waals surface area contributed by atoms with Gasteiger partial charge in [0.05, 0.1) is 12.2 Å². The Hall–Kier alpha value is -2.34. The largest absolute Gasteiger partial charge is 0.450 e. The van der Waals surface area contributed by atoms with Gasteiger partial charge in [-0.3, -0.25) is 5.32 Å². The van der Waals surface area contributed by atoms with Crippen molar-refractivity contribution in [2.24, 2.45) is 0 Å². The first kappa shape index (κ1) is 21.7. The number of anilines is 1. The van der Waals surface area contributed by atoms with Crippen molar-refractivity contribution in [2.45, 2.75) is 31.1 Å². The first-order valence-electron chi connectivity index (χ1n) is 6.68. The van der Waals surface area contributed by atoms with E-state index in [1.54, 1.807) is 0 Å². The molecular formula is C13H11F9N2O2. The number of para-hydroxylation sites is 1. The summed E-state index contributed by atoms with van der Waals surface area (Å²) in [7, 11) is 0. The summed E-state index contributed by atoms with van der Waals surface area (Å²) in [5.74, 6) is 0. The smallest absolute Gasteiger partial charge is 0.439 e. The number of hydrogen-bond acceptors (Lipinski definition) is 3. The quantitative estimate of drug-likeness (QED) is 0.572. The van der Waals surface area contributed by atoms with Crippen LogP contribution in [0, 0.1) is 0 Å². The molecule has 0 bridgehead atoms. The predicted octanol–water partition coefficient (Wildman–Crippen LogP) is 4.68. The second kappa shape index (κ2) is 7.11. The number of hydrogen-bond donors (Lipinski definition) is 2. The van der Waals surface area contributed by atoms with Crippen LogP contribution in [0.4, 0.5) is 50.0 Å². The fourth-order valence-corrected chi connectivity index (χ4v) is 1.84. The molecule has 0 spiro atoms. The number of carbonyl (C=O) groups is 1. The molecule has 0 fully saturated rings. The van der Waals surface area contributed by atoms with Crippen LogP contribution < -0.4 is 10.6 Å². The monoisotopic (exact) mass is 398 g/mol. The van der Waals surface area contributed by atoms with Gasteiger partial charge in [-0.2, -0.15) is 39.5 Å². The Labute approximate surface area is 140 Å². The number of amides is 1. The predicted molar refractivity (Wildman–Crippen MR) is 70.1 cm³/mol. The molecule has 0 radical (unpaired) electrons. The van der Waals surface area contributed by atoms with Gasteiger partial charge < -0.3 is 10.1 Å². The van der Waals surface area contributed by atoms with Crippen LogP contribution in [0.3, 0.4) is 0 Å². The van der Waals surface area contributed by atoms with Gasteiger partial charge in [-0.25, -0.2) is 4.79 Å². The molecule has 0 atom stereocenters. The van der Waals surface area contributed by atoms with E-state index >= 15 is 0 Å². The lowest BCUT2D eigenvalue weighted by Gasteiger charge is -2.39. The average molecular weight is 398 g/mol. The van der Waals surface area contributed by atoms with Crippen molar-refractivity contribution in [3.63, 3.8) is 0 Å². The molecular weight excluding hydrogens is 387 g/mol. The van der Waals surface area contributed by atoms with Crippen LogP contribution in [0.5, 0.6) is 0 Å². The van der Waals surface area contributed by atoms with E-state index < -0.39 is 48.1 Å². The van der Waals surface area contributed by atoms with Gasteiger partial charge in [0.1, 0.15) is 0 Å². The van der Waals surface area contributed by atoms with Crippen LogP contribution >= 0.6 is 0 Å². The third-order valence-corrected chi connectivity index (χ3v) is 2.97. The van der Waals surface area contributed by atoms with Crippen molar-refractivity contribution in [3.8, 4) is 0 Å². The Balaban J connectivity index is 3.55. The van der Waals surface area contributed by atoms with Crippen LogP contribution in [-0.2, 0) is 10.9 Å². The van der Waals surface area contributed by atoms with Gasteiger partial charge in [0.2, 0.25) is 0 Å². The Morgan fingerprint density at radius 3 is 1.88 bits per heavy atom. The van der Waals surface area contributed by atoms with Crippen molar-refractivity contribution in [1.29, 1.82) is 0 Å². The second-order valence-electron chi connectivity index (χ2n) is 4.76. The Morgan fingerprint density at radius 1 is 0.962 bits per heavy atom. The number of nitrogens with one attached hydrogen (secondary N) is 2. The summed E-state index contributed by atoms with van der Waals surface area (Å²) in [6.07, 6.45) is -19.9.